The van der Waals surface area contributed by atoms with E-state index in [9.17, 15) is 28.8 Å². The average molecular weight is 507 g/mol. The monoisotopic (exact) mass is 507 g/mol. The maximum Gasteiger partial charge on any atom is 0.490 e. The third-order valence-electron chi connectivity index (χ3n) is 3.82. The first-order chi connectivity index (χ1) is 14.2. The Labute approximate surface area is 171 Å². The lowest BCUT2D eigenvalue weighted by Gasteiger charge is -2.19. The number of hydrogen-bond donors (Lipinski definition) is 7. The first-order valence-corrected chi connectivity index (χ1v) is 12.4. The third kappa shape index (κ3) is 5.71. The molecule has 0 aliphatic carbocycles. The van der Waals surface area contributed by atoms with Crippen LogP contribution in [-0.4, -0.2) is 74.2 Å². The predicted molar refractivity (Wildman–Crippen MR) is 95.5 cm³/mol. The minimum atomic E-state index is -5.70. The van der Waals surface area contributed by atoms with E-state index in [4.69, 9.17) is 25.2 Å². The summed E-state index contributed by atoms with van der Waals surface area (Å²) in [7, 11) is -16.7. The maximum absolute atomic E-state index is 11.8. The summed E-state index contributed by atoms with van der Waals surface area (Å²) in [5.41, 5.74) is 6.00. The van der Waals surface area contributed by atoms with Crippen molar-refractivity contribution in [1.82, 2.24) is 19.5 Å². The number of aromatic nitrogens is 4. The molecule has 18 nitrogen and oxygen atoms in total. The molecule has 0 amide bonds. The highest BCUT2D eigenvalue weighted by atomic mass is 31.3. The number of aliphatic hydroxyl groups excluding tert-OH is 2. The largest absolute Gasteiger partial charge is 0.490 e. The molecule has 0 radical (unpaired) electrons. The fraction of sp³-hybridized carbons (Fsp3) is 0.500. The Balaban J connectivity index is 1.69. The normalized spacial score (nSPS) is 28.5. The fourth-order valence-electron chi connectivity index (χ4n) is 2.62. The highest BCUT2D eigenvalue weighted by Crippen LogP contribution is 2.66. The summed E-state index contributed by atoms with van der Waals surface area (Å²) >= 11 is 0. The molecule has 2 aromatic heterocycles. The highest BCUT2D eigenvalue weighted by Gasteiger charge is 2.47. The third-order valence-corrected chi connectivity index (χ3v) is 7.62. The van der Waals surface area contributed by atoms with Crippen LogP contribution in [0.2, 0.25) is 0 Å². The van der Waals surface area contributed by atoms with Crippen LogP contribution >= 0.6 is 23.5 Å². The molecule has 1 fully saturated rings. The molecule has 8 N–H and O–H groups in total. The number of ether oxygens (including phenoxy) is 1. The molecule has 1 aliphatic heterocycles. The van der Waals surface area contributed by atoms with Crippen LogP contribution in [0.1, 0.15) is 6.23 Å². The zero-order chi connectivity index (χ0) is 23.2. The fourth-order valence-corrected chi connectivity index (χ4v) is 5.65. The molecule has 1 saturated heterocycles. The Morgan fingerprint density at radius 2 is 1.71 bits per heavy atom. The molecule has 21 heteroatoms. The lowest BCUT2D eigenvalue weighted by Crippen LogP contribution is -2.33. The number of aliphatic hydroxyl groups is 2. The van der Waals surface area contributed by atoms with E-state index >= 15 is 0 Å². The molecular formula is C10H16N5O13P3. The first-order valence-electron chi connectivity index (χ1n) is 7.92. The summed E-state index contributed by atoms with van der Waals surface area (Å²) in [6, 6.07) is 0. The molecule has 0 spiro atoms. The van der Waals surface area contributed by atoms with Crippen LogP contribution in [0.3, 0.4) is 0 Å². The Kier molecular flexibility index (Phi) is 6.68. The molecule has 3 rings (SSSR count). The van der Waals surface area contributed by atoms with Crippen LogP contribution in [0.15, 0.2) is 12.7 Å². The van der Waals surface area contributed by atoms with E-state index in [1.54, 1.807) is 0 Å². The maximum atomic E-state index is 11.8. The van der Waals surface area contributed by atoms with E-state index in [0.29, 0.717) is 0 Å². The van der Waals surface area contributed by atoms with Crippen molar-refractivity contribution < 1.29 is 61.4 Å². The van der Waals surface area contributed by atoms with Crippen molar-refractivity contribution in [2.24, 2.45) is 0 Å². The van der Waals surface area contributed by atoms with Crippen LogP contribution < -0.4 is 5.73 Å². The van der Waals surface area contributed by atoms with Crippen LogP contribution in [-0.2, 0) is 31.6 Å². The van der Waals surface area contributed by atoms with Gasteiger partial charge in [0.1, 0.15) is 30.2 Å². The van der Waals surface area contributed by atoms with Gasteiger partial charge in [-0.1, -0.05) is 0 Å². The lowest BCUT2D eigenvalue weighted by molar-refractivity contribution is -0.0503. The average Bonchev–Trinajstić information content (AvgIpc) is 3.13. The van der Waals surface area contributed by atoms with Crippen molar-refractivity contribution in [2.45, 2.75) is 24.5 Å². The Hall–Kier alpha value is -1.36. The van der Waals surface area contributed by atoms with Gasteiger partial charge >= 0.3 is 23.5 Å². The predicted octanol–water partition coefficient (Wildman–Crippen LogP) is -1.63. The summed E-state index contributed by atoms with van der Waals surface area (Å²) in [5.74, 6) is 0.0426. The molecule has 1 aliphatic rings. The van der Waals surface area contributed by atoms with Crippen LogP contribution in [0, 0.1) is 0 Å². The summed E-state index contributed by atoms with van der Waals surface area (Å²) < 4.78 is 51.9. The van der Waals surface area contributed by atoms with Gasteiger partial charge in [0.25, 0.3) is 0 Å². The molecule has 0 saturated carbocycles. The molecule has 31 heavy (non-hydrogen) atoms. The molecule has 0 bridgehead atoms. The molecule has 174 valence electrons. The Bertz CT molecular complexity index is 1100. The van der Waals surface area contributed by atoms with E-state index in [0.717, 1.165) is 6.33 Å². The van der Waals surface area contributed by atoms with E-state index in [1.165, 1.54) is 10.9 Å². The highest BCUT2D eigenvalue weighted by molar-refractivity contribution is 7.66. The van der Waals surface area contributed by atoms with Gasteiger partial charge in [0, 0.05) is 0 Å². The van der Waals surface area contributed by atoms with Crippen LogP contribution in [0.25, 0.3) is 11.2 Å². The molecular weight excluding hydrogens is 491 g/mol. The molecule has 2 aromatic rings. The van der Waals surface area contributed by atoms with Crippen molar-refractivity contribution in [3.05, 3.63) is 12.7 Å². The minimum absolute atomic E-state index is 0.0426. The van der Waals surface area contributed by atoms with Gasteiger partial charge in [-0.05, 0) is 0 Å². The van der Waals surface area contributed by atoms with Gasteiger partial charge in [-0.3, -0.25) is 9.09 Å². The number of phosphoric ester groups is 1. The Morgan fingerprint density at radius 3 is 2.35 bits per heavy atom. The standard InChI is InChI=1S/C10H16N5O13P3/c11-8-5-9(13-2-12-8)15(3-14-5)10-7(17)6(16)4(26-10)1-25-30(21,22)28-31(23,24)27-29(18,19)20/h2-4,6-7,10,16-17H,1H2,(H,21,22)(H,23,24)(H2,11,12,13)(H2,18,19,20)/t4?,6-,7?,10-/m1/s1. The second-order valence-electron chi connectivity index (χ2n) is 6.02. The van der Waals surface area contributed by atoms with Gasteiger partial charge in [0.15, 0.2) is 17.7 Å². The number of phosphoric acid groups is 3. The topological polar surface area (TPSA) is 279 Å². The smallest absolute Gasteiger partial charge is 0.387 e. The van der Waals surface area contributed by atoms with Gasteiger partial charge in [-0.2, -0.15) is 8.62 Å². The number of nitrogens with zero attached hydrogens (tertiary/aromatic N) is 4. The quantitative estimate of drug-likeness (QED) is 0.197. The number of nitrogen functional groups attached to an aromatic ring is 1. The number of fused-ring (bicyclic) bond motifs is 1. The van der Waals surface area contributed by atoms with Crippen molar-refractivity contribution in [2.75, 3.05) is 12.3 Å². The van der Waals surface area contributed by atoms with E-state index in [-0.39, 0.29) is 17.0 Å². The number of nitrogens with two attached hydrogens (primary N) is 1. The van der Waals surface area contributed by atoms with E-state index in [1.807, 2.05) is 0 Å². The molecule has 4 unspecified atom stereocenters. The molecule has 6 atom stereocenters. The number of rotatable bonds is 8. The summed E-state index contributed by atoms with van der Waals surface area (Å²) in [6.07, 6.45) is -3.69. The first kappa shape index (κ1) is 24.3. The van der Waals surface area contributed by atoms with Crippen molar-refractivity contribution >= 4 is 40.4 Å². The van der Waals surface area contributed by atoms with Crippen molar-refractivity contribution in [1.29, 1.82) is 0 Å². The number of anilines is 1. The van der Waals surface area contributed by atoms with Crippen molar-refractivity contribution in [3.8, 4) is 0 Å². The SMILES string of the molecule is Nc1ncnc2c1ncn2[C@@H]1OC(COP(=O)(O)OP(=O)(O)OP(=O)(O)O)[C@@H](O)C1O. The van der Waals surface area contributed by atoms with Gasteiger partial charge in [0.2, 0.25) is 0 Å². The summed E-state index contributed by atoms with van der Waals surface area (Å²) in [6.45, 7) is -0.956. The zero-order valence-corrected chi connectivity index (χ0v) is 17.6. The van der Waals surface area contributed by atoms with E-state index in [2.05, 4.69) is 28.1 Å². The van der Waals surface area contributed by atoms with Crippen LogP contribution in [0.4, 0.5) is 5.82 Å². The van der Waals surface area contributed by atoms with E-state index < -0.39 is 54.6 Å². The molecule has 0 aromatic carbocycles. The minimum Gasteiger partial charge on any atom is -0.387 e. The number of hydrogen-bond acceptors (Lipinski definition) is 13. The Morgan fingerprint density at radius 1 is 1.03 bits per heavy atom. The summed E-state index contributed by atoms with van der Waals surface area (Å²) in [5, 5.41) is 20.4. The molecule has 3 heterocycles. The van der Waals surface area contributed by atoms with Crippen molar-refractivity contribution in [3.63, 3.8) is 0 Å². The van der Waals surface area contributed by atoms with Gasteiger partial charge in [-0.15, -0.1) is 0 Å². The van der Waals surface area contributed by atoms with Gasteiger partial charge in [0.05, 0.1) is 12.9 Å². The van der Waals surface area contributed by atoms with Gasteiger partial charge in [-0.25, -0.2) is 28.6 Å². The lowest BCUT2D eigenvalue weighted by atomic mass is 10.1. The number of imidazole rings is 1. The summed E-state index contributed by atoms with van der Waals surface area (Å²) in [4.78, 5) is 47.2. The zero-order valence-electron chi connectivity index (χ0n) is 14.9. The van der Waals surface area contributed by atoms with Crippen LogP contribution in [0.5, 0.6) is 0 Å². The second-order valence-corrected chi connectivity index (χ2v) is 10.4. The van der Waals surface area contributed by atoms with Gasteiger partial charge < -0.3 is 40.3 Å². The second kappa shape index (κ2) is 8.53.